The Morgan fingerprint density at radius 1 is 1.17 bits per heavy atom. The van der Waals surface area contributed by atoms with Crippen LogP contribution in [0.1, 0.15) is 29.3 Å². The average molecular weight is 413 g/mol. The Morgan fingerprint density at radius 3 is 2.90 bits per heavy atom. The smallest absolute Gasteiger partial charge is 0.298 e. The van der Waals surface area contributed by atoms with Gasteiger partial charge in [0, 0.05) is 39.1 Å². The second-order valence-corrected chi connectivity index (χ2v) is 8.43. The lowest BCUT2D eigenvalue weighted by Crippen LogP contribution is -2.39. The largest absolute Gasteiger partial charge is 0.379 e. The van der Waals surface area contributed by atoms with Gasteiger partial charge in [-0.15, -0.1) is 10.2 Å². The van der Waals surface area contributed by atoms with Crippen LogP contribution in [0, 0.1) is 0 Å². The summed E-state index contributed by atoms with van der Waals surface area (Å²) in [6, 6.07) is 8.00. The minimum atomic E-state index is -0.105. The van der Waals surface area contributed by atoms with Crippen molar-refractivity contribution in [3.05, 3.63) is 35.9 Å². The topological polar surface area (TPSA) is 76.4 Å². The zero-order valence-electron chi connectivity index (χ0n) is 16.3. The van der Waals surface area contributed by atoms with E-state index in [2.05, 4.69) is 15.1 Å². The highest BCUT2D eigenvalue weighted by Crippen LogP contribution is 2.30. The van der Waals surface area contributed by atoms with Gasteiger partial charge in [0.2, 0.25) is 5.82 Å². The molecule has 0 spiro atoms. The van der Waals surface area contributed by atoms with Gasteiger partial charge in [-0.05, 0) is 25.0 Å². The first-order chi connectivity index (χ1) is 14.3. The summed E-state index contributed by atoms with van der Waals surface area (Å²) in [4.78, 5) is 22.4. The maximum Gasteiger partial charge on any atom is 0.298 e. The maximum absolute atomic E-state index is 13.5. The lowest BCUT2D eigenvalue weighted by Gasteiger charge is -2.27. The Hall–Kier alpha value is -2.36. The fourth-order valence-electron chi connectivity index (χ4n) is 3.97. The molecule has 8 nitrogen and oxygen atoms in total. The molecule has 2 aliphatic rings. The number of aromatic nitrogens is 4. The first-order valence-corrected chi connectivity index (χ1v) is 11.0. The summed E-state index contributed by atoms with van der Waals surface area (Å²) in [6.45, 7) is 5.83. The van der Waals surface area contributed by atoms with Crippen molar-refractivity contribution in [2.45, 2.75) is 25.8 Å². The molecule has 2 aromatic heterocycles. The number of nitrogens with zero attached hydrogens (tertiary/aromatic N) is 6. The number of fused-ring (bicyclic) bond motifs is 2. The zero-order valence-corrected chi connectivity index (χ0v) is 17.1. The van der Waals surface area contributed by atoms with Gasteiger partial charge in [-0.1, -0.05) is 23.5 Å². The van der Waals surface area contributed by atoms with Gasteiger partial charge in [0.25, 0.3) is 5.91 Å². The van der Waals surface area contributed by atoms with Crippen LogP contribution in [-0.2, 0) is 17.7 Å². The monoisotopic (exact) mass is 412 g/mol. The molecule has 4 heterocycles. The van der Waals surface area contributed by atoms with Crippen LogP contribution >= 0.6 is 11.3 Å². The first kappa shape index (κ1) is 18.7. The number of rotatable bonds is 6. The van der Waals surface area contributed by atoms with Gasteiger partial charge in [-0.2, -0.15) is 0 Å². The molecule has 152 valence electrons. The molecule has 0 saturated carbocycles. The van der Waals surface area contributed by atoms with E-state index in [1.54, 1.807) is 16.2 Å². The third-order valence-electron chi connectivity index (χ3n) is 5.52. The van der Waals surface area contributed by atoms with Crippen LogP contribution in [-0.4, -0.2) is 69.9 Å². The van der Waals surface area contributed by atoms with Crippen molar-refractivity contribution in [3.63, 3.8) is 0 Å². The molecule has 1 saturated heterocycles. The molecule has 1 amide bonds. The van der Waals surface area contributed by atoms with Gasteiger partial charge in [0.15, 0.2) is 5.13 Å². The second kappa shape index (κ2) is 8.17. The van der Waals surface area contributed by atoms with Crippen molar-refractivity contribution in [1.29, 1.82) is 0 Å². The SMILES string of the molecule is O=C(c1nnc2n1CCC2)N(CCCN1CCOCC1)c1nc2ccccc2s1. The van der Waals surface area contributed by atoms with Crippen molar-refractivity contribution in [2.24, 2.45) is 0 Å². The number of morpholine rings is 1. The highest BCUT2D eigenvalue weighted by atomic mass is 32.1. The number of thiazole rings is 1. The highest BCUT2D eigenvalue weighted by molar-refractivity contribution is 7.22. The van der Waals surface area contributed by atoms with Crippen LogP contribution in [0.3, 0.4) is 0 Å². The molecule has 0 N–H and O–H groups in total. The standard InChI is InChI=1S/C20H24N6O2S/c27-19(18-23-22-17-7-3-9-25(17)18)26(10-4-8-24-11-13-28-14-12-24)20-21-15-5-1-2-6-16(15)29-20/h1-2,5-6H,3-4,7-14H2. The third kappa shape index (κ3) is 3.77. The van der Waals surface area contributed by atoms with Gasteiger partial charge in [-0.25, -0.2) is 4.98 Å². The van der Waals surface area contributed by atoms with Gasteiger partial charge < -0.3 is 9.30 Å². The minimum Gasteiger partial charge on any atom is -0.379 e. The van der Waals surface area contributed by atoms with E-state index >= 15 is 0 Å². The van der Waals surface area contributed by atoms with Crippen LogP contribution in [0.2, 0.25) is 0 Å². The molecule has 0 unspecified atom stereocenters. The predicted molar refractivity (Wildman–Crippen MR) is 112 cm³/mol. The minimum absolute atomic E-state index is 0.105. The van der Waals surface area contributed by atoms with Gasteiger partial charge in [0.1, 0.15) is 5.82 Å². The summed E-state index contributed by atoms with van der Waals surface area (Å²) in [5, 5.41) is 9.15. The third-order valence-corrected chi connectivity index (χ3v) is 6.58. The summed E-state index contributed by atoms with van der Waals surface area (Å²) in [6.07, 6.45) is 2.78. The summed E-state index contributed by atoms with van der Waals surface area (Å²) < 4.78 is 8.47. The van der Waals surface area contributed by atoms with Crippen molar-refractivity contribution in [3.8, 4) is 0 Å². The second-order valence-electron chi connectivity index (χ2n) is 7.42. The van der Waals surface area contributed by atoms with Gasteiger partial charge >= 0.3 is 0 Å². The fourth-order valence-corrected chi connectivity index (χ4v) is 4.96. The Morgan fingerprint density at radius 2 is 2.03 bits per heavy atom. The summed E-state index contributed by atoms with van der Waals surface area (Å²) in [5.41, 5.74) is 0.921. The predicted octanol–water partition coefficient (Wildman–Crippen LogP) is 2.20. The Bertz CT molecular complexity index is 976. The molecular weight excluding hydrogens is 388 g/mol. The van der Waals surface area contributed by atoms with Crippen LogP contribution in [0.15, 0.2) is 24.3 Å². The van der Waals surface area contributed by atoms with E-state index in [1.165, 1.54) is 0 Å². The highest BCUT2D eigenvalue weighted by Gasteiger charge is 2.28. The first-order valence-electron chi connectivity index (χ1n) is 10.2. The molecule has 0 atom stereocenters. The van der Waals surface area contributed by atoms with Crippen molar-refractivity contribution >= 4 is 32.6 Å². The van der Waals surface area contributed by atoms with Crippen molar-refractivity contribution < 1.29 is 9.53 Å². The number of para-hydroxylation sites is 1. The van der Waals surface area contributed by atoms with E-state index in [4.69, 9.17) is 9.72 Å². The van der Waals surface area contributed by atoms with E-state index < -0.39 is 0 Å². The van der Waals surface area contributed by atoms with E-state index in [1.807, 2.05) is 28.8 Å². The Labute approximate surface area is 173 Å². The number of carbonyl (C=O) groups is 1. The van der Waals surface area contributed by atoms with Crippen LogP contribution < -0.4 is 4.90 Å². The molecule has 5 rings (SSSR count). The summed E-state index contributed by atoms with van der Waals surface area (Å²) in [7, 11) is 0. The molecular formula is C20H24N6O2S. The number of anilines is 1. The number of ether oxygens (including phenoxy) is 1. The molecule has 1 fully saturated rings. The molecule has 0 bridgehead atoms. The van der Waals surface area contributed by atoms with Gasteiger partial charge in [0.05, 0.1) is 23.4 Å². The molecule has 9 heteroatoms. The van der Waals surface area contributed by atoms with Crippen LogP contribution in [0.4, 0.5) is 5.13 Å². The van der Waals surface area contributed by atoms with Crippen LogP contribution in [0.5, 0.6) is 0 Å². The lowest BCUT2D eigenvalue weighted by molar-refractivity contribution is 0.0376. The van der Waals surface area contributed by atoms with Gasteiger partial charge in [-0.3, -0.25) is 14.6 Å². The van der Waals surface area contributed by atoms with E-state index in [0.29, 0.717) is 12.4 Å². The molecule has 3 aromatic rings. The summed E-state index contributed by atoms with van der Waals surface area (Å²) >= 11 is 1.55. The van der Waals surface area contributed by atoms with Crippen LogP contribution in [0.25, 0.3) is 10.2 Å². The molecule has 0 aliphatic carbocycles. The molecule has 2 aliphatic heterocycles. The number of carbonyl (C=O) groups excluding carboxylic acids is 1. The lowest BCUT2D eigenvalue weighted by atomic mass is 10.3. The zero-order chi connectivity index (χ0) is 19.6. The number of hydrogen-bond acceptors (Lipinski definition) is 7. The fraction of sp³-hybridized carbons (Fsp3) is 0.500. The maximum atomic E-state index is 13.5. The Kier molecular flexibility index (Phi) is 5.26. The summed E-state index contributed by atoms with van der Waals surface area (Å²) in [5.74, 6) is 1.24. The molecule has 1 aromatic carbocycles. The average Bonchev–Trinajstić information content (AvgIpc) is 3.46. The quantitative estimate of drug-likeness (QED) is 0.618. The van der Waals surface area contributed by atoms with E-state index in [9.17, 15) is 4.79 Å². The Balaban J connectivity index is 1.39. The van der Waals surface area contributed by atoms with E-state index in [-0.39, 0.29) is 5.91 Å². The number of hydrogen-bond donors (Lipinski definition) is 0. The number of benzene rings is 1. The number of aryl methyl sites for hydroxylation is 1. The molecule has 0 radical (unpaired) electrons. The van der Waals surface area contributed by atoms with Crippen molar-refractivity contribution in [2.75, 3.05) is 44.3 Å². The van der Waals surface area contributed by atoms with Crippen molar-refractivity contribution in [1.82, 2.24) is 24.6 Å². The number of amides is 1. The normalized spacial score (nSPS) is 17.0. The molecule has 29 heavy (non-hydrogen) atoms. The van der Waals surface area contributed by atoms with E-state index in [0.717, 1.165) is 79.8 Å².